The average molecular weight is 311 g/mol. The maximum atomic E-state index is 12.2. The third kappa shape index (κ3) is 4.35. The topological polar surface area (TPSA) is 38.3 Å². The van der Waals surface area contributed by atoms with Gasteiger partial charge in [0.05, 0.1) is 13.0 Å². The van der Waals surface area contributed by atoms with E-state index in [1.807, 2.05) is 45.9 Å². The number of benzene rings is 2. The molecule has 0 aliphatic rings. The van der Waals surface area contributed by atoms with Gasteiger partial charge in [0.1, 0.15) is 5.75 Å². The maximum Gasteiger partial charge on any atom is 0.227 e. The first-order chi connectivity index (χ1) is 10.9. The van der Waals surface area contributed by atoms with Gasteiger partial charge in [0.15, 0.2) is 0 Å². The minimum atomic E-state index is -0.0220. The Labute approximate surface area is 138 Å². The molecule has 23 heavy (non-hydrogen) atoms. The predicted octanol–water partition coefficient (Wildman–Crippen LogP) is 4.64. The largest absolute Gasteiger partial charge is 0.493 e. The number of carbonyl (C=O) groups excluding carboxylic acids is 1. The number of aryl methyl sites for hydroxylation is 5. The number of amides is 1. The third-order valence-corrected chi connectivity index (χ3v) is 3.93. The second-order valence-electron chi connectivity index (χ2n) is 6.14. The van der Waals surface area contributed by atoms with Crippen LogP contribution in [0.15, 0.2) is 30.3 Å². The highest BCUT2D eigenvalue weighted by molar-refractivity contribution is 5.92. The van der Waals surface area contributed by atoms with Crippen LogP contribution in [-0.2, 0) is 4.79 Å². The molecule has 2 aromatic carbocycles. The number of rotatable bonds is 5. The molecule has 2 rings (SSSR count). The predicted molar refractivity (Wildman–Crippen MR) is 95.3 cm³/mol. The van der Waals surface area contributed by atoms with E-state index in [-0.39, 0.29) is 5.91 Å². The van der Waals surface area contributed by atoms with Crippen LogP contribution in [0.3, 0.4) is 0 Å². The van der Waals surface area contributed by atoms with Crippen LogP contribution in [0.25, 0.3) is 0 Å². The van der Waals surface area contributed by atoms with Gasteiger partial charge in [-0.2, -0.15) is 0 Å². The van der Waals surface area contributed by atoms with Gasteiger partial charge in [0, 0.05) is 5.69 Å². The van der Waals surface area contributed by atoms with Crippen molar-refractivity contribution in [2.75, 3.05) is 11.9 Å². The highest BCUT2D eigenvalue weighted by Crippen LogP contribution is 2.23. The first-order valence-electron chi connectivity index (χ1n) is 7.95. The molecule has 1 N–H and O–H groups in total. The van der Waals surface area contributed by atoms with Crippen LogP contribution in [0.2, 0.25) is 0 Å². The van der Waals surface area contributed by atoms with E-state index in [2.05, 4.69) is 24.4 Å². The zero-order valence-corrected chi connectivity index (χ0v) is 14.6. The lowest BCUT2D eigenvalue weighted by Crippen LogP contribution is -2.17. The summed E-state index contributed by atoms with van der Waals surface area (Å²) in [6.07, 6.45) is 0.334. The Morgan fingerprint density at radius 1 is 0.957 bits per heavy atom. The van der Waals surface area contributed by atoms with E-state index >= 15 is 0 Å². The summed E-state index contributed by atoms with van der Waals surface area (Å²) in [4.78, 5) is 12.2. The number of carbonyl (C=O) groups is 1. The van der Waals surface area contributed by atoms with Crippen molar-refractivity contribution in [2.45, 2.75) is 41.0 Å². The first-order valence-corrected chi connectivity index (χ1v) is 7.95. The Morgan fingerprint density at radius 3 is 2.09 bits per heavy atom. The Bertz CT molecular complexity index is 676. The molecule has 3 heteroatoms. The quantitative estimate of drug-likeness (QED) is 0.874. The molecule has 0 aromatic heterocycles. The van der Waals surface area contributed by atoms with Gasteiger partial charge in [-0.05, 0) is 56.9 Å². The summed E-state index contributed by atoms with van der Waals surface area (Å²) in [5, 5.41) is 3.00. The van der Waals surface area contributed by atoms with Crippen molar-refractivity contribution in [3.63, 3.8) is 0 Å². The summed E-state index contributed by atoms with van der Waals surface area (Å²) in [5.74, 6) is 0.856. The average Bonchev–Trinajstić information content (AvgIpc) is 2.46. The monoisotopic (exact) mass is 311 g/mol. The minimum Gasteiger partial charge on any atom is -0.493 e. The van der Waals surface area contributed by atoms with Crippen molar-refractivity contribution in [2.24, 2.45) is 0 Å². The lowest BCUT2D eigenvalue weighted by molar-refractivity contribution is -0.116. The second kappa shape index (κ2) is 7.32. The van der Waals surface area contributed by atoms with Gasteiger partial charge in [-0.15, -0.1) is 0 Å². The molecule has 2 aromatic rings. The molecule has 3 nitrogen and oxygen atoms in total. The van der Waals surface area contributed by atoms with Crippen LogP contribution in [-0.4, -0.2) is 12.5 Å². The summed E-state index contributed by atoms with van der Waals surface area (Å²) >= 11 is 0. The fraction of sp³-hybridized carbons (Fsp3) is 0.350. The Hall–Kier alpha value is -2.29. The molecule has 0 heterocycles. The molecular weight excluding hydrogens is 286 g/mol. The summed E-state index contributed by atoms with van der Waals surface area (Å²) in [7, 11) is 0. The molecular formula is C20H25NO2. The molecule has 0 aliphatic carbocycles. The van der Waals surface area contributed by atoms with Crippen LogP contribution in [0.5, 0.6) is 5.75 Å². The number of anilines is 1. The third-order valence-electron chi connectivity index (χ3n) is 3.93. The van der Waals surface area contributed by atoms with E-state index < -0.39 is 0 Å². The highest BCUT2D eigenvalue weighted by Gasteiger charge is 2.09. The summed E-state index contributed by atoms with van der Waals surface area (Å²) in [6, 6.07) is 10.2. The van der Waals surface area contributed by atoms with Gasteiger partial charge in [-0.1, -0.05) is 35.9 Å². The van der Waals surface area contributed by atoms with Gasteiger partial charge in [0.2, 0.25) is 5.91 Å². The van der Waals surface area contributed by atoms with Crippen molar-refractivity contribution in [1.82, 2.24) is 0 Å². The highest BCUT2D eigenvalue weighted by atomic mass is 16.5. The van der Waals surface area contributed by atoms with Crippen LogP contribution in [0, 0.1) is 34.6 Å². The van der Waals surface area contributed by atoms with Gasteiger partial charge >= 0.3 is 0 Å². The van der Waals surface area contributed by atoms with Crippen molar-refractivity contribution < 1.29 is 9.53 Å². The van der Waals surface area contributed by atoms with E-state index in [4.69, 9.17) is 4.74 Å². The van der Waals surface area contributed by atoms with E-state index in [1.165, 1.54) is 5.56 Å². The number of ether oxygens (including phenoxy) is 1. The fourth-order valence-corrected chi connectivity index (χ4v) is 2.85. The maximum absolute atomic E-state index is 12.2. The van der Waals surface area contributed by atoms with Crippen LogP contribution < -0.4 is 10.1 Å². The number of para-hydroxylation sites is 1. The van der Waals surface area contributed by atoms with Gasteiger partial charge in [0.25, 0.3) is 0 Å². The Kier molecular flexibility index (Phi) is 5.43. The first kappa shape index (κ1) is 17.1. The van der Waals surface area contributed by atoms with Crippen molar-refractivity contribution in [1.29, 1.82) is 0 Å². The van der Waals surface area contributed by atoms with Crippen molar-refractivity contribution in [3.05, 3.63) is 58.1 Å². The van der Waals surface area contributed by atoms with Crippen LogP contribution >= 0.6 is 0 Å². The standard InChI is InChI=1S/C20H25NO2/c1-13-11-16(4)19(17(5)12-13)21-18(22)9-10-23-20-14(2)7-6-8-15(20)3/h6-8,11-12H,9-10H2,1-5H3,(H,21,22). The molecule has 1 amide bonds. The van der Waals surface area contributed by atoms with E-state index in [0.29, 0.717) is 13.0 Å². The number of hydrogen-bond donors (Lipinski definition) is 1. The van der Waals surface area contributed by atoms with Crippen molar-refractivity contribution in [3.8, 4) is 5.75 Å². The molecule has 0 atom stereocenters. The van der Waals surface area contributed by atoms with Crippen LogP contribution in [0.4, 0.5) is 5.69 Å². The zero-order chi connectivity index (χ0) is 17.0. The Morgan fingerprint density at radius 2 is 1.52 bits per heavy atom. The van der Waals surface area contributed by atoms with E-state index in [9.17, 15) is 4.79 Å². The molecule has 0 fully saturated rings. The molecule has 0 unspecified atom stereocenters. The smallest absolute Gasteiger partial charge is 0.227 e. The normalized spacial score (nSPS) is 10.5. The van der Waals surface area contributed by atoms with Gasteiger partial charge in [-0.25, -0.2) is 0 Å². The molecule has 0 bridgehead atoms. The zero-order valence-electron chi connectivity index (χ0n) is 14.6. The van der Waals surface area contributed by atoms with Gasteiger partial charge in [-0.3, -0.25) is 4.79 Å². The number of hydrogen-bond acceptors (Lipinski definition) is 2. The van der Waals surface area contributed by atoms with Gasteiger partial charge < -0.3 is 10.1 Å². The lowest BCUT2D eigenvalue weighted by atomic mass is 10.1. The summed E-state index contributed by atoms with van der Waals surface area (Å²) < 4.78 is 5.79. The number of nitrogens with one attached hydrogen (secondary N) is 1. The molecule has 0 spiro atoms. The summed E-state index contributed by atoms with van der Waals surface area (Å²) in [5.41, 5.74) is 6.48. The second-order valence-corrected chi connectivity index (χ2v) is 6.14. The SMILES string of the molecule is Cc1cc(C)c(NC(=O)CCOc2c(C)cccc2C)c(C)c1. The molecule has 0 saturated carbocycles. The molecule has 122 valence electrons. The molecule has 0 radical (unpaired) electrons. The summed E-state index contributed by atoms with van der Waals surface area (Å²) in [6.45, 7) is 10.5. The lowest BCUT2D eigenvalue weighted by Gasteiger charge is -2.14. The van der Waals surface area contributed by atoms with E-state index in [1.54, 1.807) is 0 Å². The Balaban J connectivity index is 1.94. The fourth-order valence-electron chi connectivity index (χ4n) is 2.85. The van der Waals surface area contributed by atoms with Crippen LogP contribution in [0.1, 0.15) is 34.2 Å². The molecule has 0 aliphatic heterocycles. The minimum absolute atomic E-state index is 0.0220. The molecule has 0 saturated heterocycles. The van der Waals surface area contributed by atoms with Crippen molar-refractivity contribution >= 4 is 11.6 Å². The van der Waals surface area contributed by atoms with E-state index in [0.717, 1.165) is 33.7 Å².